The molecule has 0 atom stereocenters. The van der Waals surface area contributed by atoms with Crippen LogP contribution in [-0.4, -0.2) is 33.2 Å². The molecule has 5 heteroatoms. The van der Waals surface area contributed by atoms with Gasteiger partial charge in [-0.25, -0.2) is 0 Å². The van der Waals surface area contributed by atoms with E-state index in [1.807, 2.05) is 38.2 Å². The zero-order chi connectivity index (χ0) is 12.7. The van der Waals surface area contributed by atoms with E-state index >= 15 is 0 Å². The van der Waals surface area contributed by atoms with Crippen molar-refractivity contribution in [3.05, 3.63) is 24.3 Å². The first-order valence-electron chi connectivity index (χ1n) is 5.82. The highest BCUT2D eigenvalue weighted by molar-refractivity contribution is 5.93. The summed E-state index contributed by atoms with van der Waals surface area (Å²) in [4.78, 5) is 13.7. The molecule has 0 radical (unpaired) electrons. The van der Waals surface area contributed by atoms with Crippen LogP contribution >= 0.6 is 12.4 Å². The van der Waals surface area contributed by atoms with Crippen LogP contribution < -0.4 is 15.0 Å². The van der Waals surface area contributed by atoms with E-state index in [1.165, 1.54) is 0 Å². The van der Waals surface area contributed by atoms with Crippen molar-refractivity contribution in [1.29, 1.82) is 0 Å². The van der Waals surface area contributed by atoms with E-state index in [-0.39, 0.29) is 18.3 Å². The Labute approximate surface area is 115 Å². The Hall–Kier alpha value is -1.26. The monoisotopic (exact) mass is 272 g/mol. The number of hydrogen-bond donors (Lipinski definition) is 1. The van der Waals surface area contributed by atoms with Crippen molar-refractivity contribution in [2.45, 2.75) is 13.3 Å². The summed E-state index contributed by atoms with van der Waals surface area (Å²) >= 11 is 0. The van der Waals surface area contributed by atoms with Gasteiger partial charge in [0.15, 0.2) is 0 Å². The van der Waals surface area contributed by atoms with Gasteiger partial charge < -0.3 is 15.0 Å². The lowest BCUT2D eigenvalue weighted by Gasteiger charge is -2.21. The normalized spacial score (nSPS) is 9.50. The number of halogens is 1. The molecule has 0 heterocycles. The van der Waals surface area contributed by atoms with Crippen molar-refractivity contribution in [1.82, 2.24) is 5.32 Å². The number of anilines is 1. The van der Waals surface area contributed by atoms with Gasteiger partial charge in [-0.15, -0.1) is 12.4 Å². The van der Waals surface area contributed by atoms with Crippen LogP contribution in [0.4, 0.5) is 5.69 Å². The molecular formula is C13H21ClN2O2. The molecule has 1 amide bonds. The minimum atomic E-state index is 0. The van der Waals surface area contributed by atoms with Gasteiger partial charge in [-0.2, -0.15) is 0 Å². The van der Waals surface area contributed by atoms with E-state index in [0.717, 1.165) is 11.4 Å². The van der Waals surface area contributed by atoms with Gasteiger partial charge in [0.1, 0.15) is 5.75 Å². The van der Waals surface area contributed by atoms with Crippen LogP contribution in [0.25, 0.3) is 0 Å². The Bertz CT molecular complexity index is 355. The average molecular weight is 273 g/mol. The second kappa shape index (κ2) is 8.78. The summed E-state index contributed by atoms with van der Waals surface area (Å²) < 4.78 is 5.09. The minimum absolute atomic E-state index is 0. The number of carbonyl (C=O) groups excluding carboxylic acids is 1. The van der Waals surface area contributed by atoms with E-state index in [2.05, 4.69) is 5.32 Å². The number of nitrogens with zero attached hydrogens (tertiary/aromatic N) is 1. The first-order valence-corrected chi connectivity index (χ1v) is 5.82. The molecular weight excluding hydrogens is 252 g/mol. The maximum Gasteiger partial charge on any atom is 0.228 e. The van der Waals surface area contributed by atoms with E-state index in [1.54, 1.807) is 12.0 Å². The highest BCUT2D eigenvalue weighted by Crippen LogP contribution is 2.19. The second-order valence-electron chi connectivity index (χ2n) is 3.69. The van der Waals surface area contributed by atoms with Crippen molar-refractivity contribution in [2.24, 2.45) is 0 Å². The van der Waals surface area contributed by atoms with Crippen molar-refractivity contribution < 1.29 is 9.53 Å². The van der Waals surface area contributed by atoms with Gasteiger partial charge in [0.2, 0.25) is 5.91 Å². The Balaban J connectivity index is 0.00000289. The SMILES string of the molecule is CCN(C(=O)CCNC)c1ccc(OC)cc1.Cl. The summed E-state index contributed by atoms with van der Waals surface area (Å²) in [7, 11) is 3.47. The molecule has 0 aliphatic carbocycles. The summed E-state index contributed by atoms with van der Waals surface area (Å²) in [6, 6.07) is 7.53. The van der Waals surface area contributed by atoms with E-state index < -0.39 is 0 Å². The van der Waals surface area contributed by atoms with Gasteiger partial charge in [0, 0.05) is 25.2 Å². The standard InChI is InChI=1S/C13H20N2O2.ClH/c1-4-15(13(16)9-10-14-2)11-5-7-12(17-3)8-6-11;/h5-8,14H,4,9-10H2,1-3H3;1H. The molecule has 1 aromatic carbocycles. The number of nitrogens with one attached hydrogen (secondary N) is 1. The highest BCUT2D eigenvalue weighted by atomic mass is 35.5. The fourth-order valence-electron chi connectivity index (χ4n) is 1.63. The average Bonchev–Trinajstić information content (AvgIpc) is 2.38. The number of ether oxygens (including phenoxy) is 1. The molecule has 18 heavy (non-hydrogen) atoms. The van der Waals surface area contributed by atoms with Crippen LogP contribution in [0.2, 0.25) is 0 Å². The summed E-state index contributed by atoms with van der Waals surface area (Å²) in [5.74, 6) is 0.930. The lowest BCUT2D eigenvalue weighted by Crippen LogP contribution is -2.32. The molecule has 0 fully saturated rings. The molecule has 0 spiro atoms. The predicted octanol–water partition coefficient (Wildman–Crippen LogP) is 2.08. The van der Waals surface area contributed by atoms with Crippen LogP contribution in [0, 0.1) is 0 Å². The summed E-state index contributed by atoms with van der Waals surface area (Å²) in [6.45, 7) is 3.35. The Kier molecular flexibility index (Phi) is 8.16. The Morgan fingerprint density at radius 2 is 1.94 bits per heavy atom. The van der Waals surface area contributed by atoms with E-state index in [4.69, 9.17) is 4.74 Å². The molecule has 0 saturated carbocycles. The Morgan fingerprint density at radius 1 is 1.33 bits per heavy atom. The zero-order valence-electron chi connectivity index (χ0n) is 11.1. The summed E-state index contributed by atoms with van der Waals surface area (Å²) in [5, 5.41) is 2.98. The maximum absolute atomic E-state index is 11.9. The summed E-state index contributed by atoms with van der Waals surface area (Å²) in [5.41, 5.74) is 0.911. The van der Waals surface area contributed by atoms with Gasteiger partial charge in [-0.1, -0.05) is 0 Å². The van der Waals surface area contributed by atoms with Crippen molar-refractivity contribution in [2.75, 3.05) is 32.1 Å². The molecule has 0 aliphatic rings. The zero-order valence-corrected chi connectivity index (χ0v) is 11.9. The van der Waals surface area contributed by atoms with Crippen LogP contribution in [0.3, 0.4) is 0 Å². The predicted molar refractivity (Wildman–Crippen MR) is 76.8 cm³/mol. The smallest absolute Gasteiger partial charge is 0.228 e. The fourth-order valence-corrected chi connectivity index (χ4v) is 1.63. The number of hydrogen-bond acceptors (Lipinski definition) is 3. The van der Waals surface area contributed by atoms with Crippen LogP contribution in [0.15, 0.2) is 24.3 Å². The molecule has 1 rings (SSSR count). The van der Waals surface area contributed by atoms with Crippen molar-refractivity contribution in [3.63, 3.8) is 0 Å². The minimum Gasteiger partial charge on any atom is -0.497 e. The number of benzene rings is 1. The first kappa shape index (κ1) is 16.7. The van der Waals surface area contributed by atoms with Gasteiger partial charge >= 0.3 is 0 Å². The van der Waals surface area contributed by atoms with Crippen LogP contribution in [-0.2, 0) is 4.79 Å². The Morgan fingerprint density at radius 3 is 2.39 bits per heavy atom. The molecule has 1 aromatic rings. The van der Waals surface area contributed by atoms with Crippen LogP contribution in [0.5, 0.6) is 5.75 Å². The fraction of sp³-hybridized carbons (Fsp3) is 0.462. The molecule has 0 bridgehead atoms. The third kappa shape index (κ3) is 4.55. The van der Waals surface area contributed by atoms with Gasteiger partial charge in [0.25, 0.3) is 0 Å². The van der Waals surface area contributed by atoms with Crippen molar-refractivity contribution >= 4 is 24.0 Å². The molecule has 1 N–H and O–H groups in total. The quantitative estimate of drug-likeness (QED) is 0.862. The molecule has 102 valence electrons. The third-order valence-corrected chi connectivity index (χ3v) is 2.59. The second-order valence-corrected chi connectivity index (χ2v) is 3.69. The van der Waals surface area contributed by atoms with Gasteiger partial charge in [-0.05, 0) is 38.2 Å². The highest BCUT2D eigenvalue weighted by Gasteiger charge is 2.12. The third-order valence-electron chi connectivity index (χ3n) is 2.59. The molecule has 0 aliphatic heterocycles. The number of rotatable bonds is 6. The first-order chi connectivity index (χ1) is 8.22. The molecule has 0 unspecified atom stereocenters. The maximum atomic E-state index is 11.9. The van der Waals surface area contributed by atoms with Gasteiger partial charge in [0.05, 0.1) is 7.11 Å². The lowest BCUT2D eigenvalue weighted by molar-refractivity contribution is -0.118. The van der Waals surface area contributed by atoms with Gasteiger partial charge in [-0.3, -0.25) is 4.79 Å². The molecule has 0 aromatic heterocycles. The topological polar surface area (TPSA) is 41.6 Å². The lowest BCUT2D eigenvalue weighted by atomic mass is 10.2. The molecule has 4 nitrogen and oxygen atoms in total. The number of amides is 1. The van der Waals surface area contributed by atoms with Crippen LogP contribution in [0.1, 0.15) is 13.3 Å². The molecule has 0 saturated heterocycles. The number of methoxy groups -OCH3 is 1. The number of carbonyl (C=O) groups is 1. The largest absolute Gasteiger partial charge is 0.497 e. The van der Waals surface area contributed by atoms with E-state index in [0.29, 0.717) is 19.5 Å². The van der Waals surface area contributed by atoms with Crippen molar-refractivity contribution in [3.8, 4) is 5.75 Å². The summed E-state index contributed by atoms with van der Waals surface area (Å²) in [6.07, 6.45) is 0.510. The van der Waals surface area contributed by atoms with E-state index in [9.17, 15) is 4.79 Å².